The minimum atomic E-state index is -0.712. The standard InChI is InChI=1S/C11H15NO3/c1-3-12-8-6-4-5-7-9(10(12)13)11(14)15-2/h4-6,8-9H,3,7H2,1-2H3. The second-order valence-corrected chi connectivity index (χ2v) is 3.21. The molecule has 4 nitrogen and oxygen atoms in total. The van der Waals surface area contributed by atoms with Gasteiger partial charge in [0.05, 0.1) is 7.11 Å². The predicted molar refractivity (Wildman–Crippen MR) is 55.8 cm³/mol. The first kappa shape index (κ1) is 11.5. The number of carbonyl (C=O) groups excluding carboxylic acids is 2. The van der Waals surface area contributed by atoms with Crippen molar-refractivity contribution in [3.8, 4) is 0 Å². The lowest BCUT2D eigenvalue weighted by Gasteiger charge is -2.21. The van der Waals surface area contributed by atoms with Gasteiger partial charge in [0.15, 0.2) is 0 Å². The molecule has 0 saturated heterocycles. The maximum atomic E-state index is 11.9. The number of allylic oxidation sites excluding steroid dienone is 3. The molecule has 0 aromatic rings. The molecule has 0 N–H and O–H groups in total. The third-order valence-electron chi connectivity index (χ3n) is 2.29. The van der Waals surface area contributed by atoms with E-state index in [0.717, 1.165) is 0 Å². The Morgan fingerprint density at radius 3 is 2.93 bits per heavy atom. The molecule has 0 spiro atoms. The summed E-state index contributed by atoms with van der Waals surface area (Å²) in [5.41, 5.74) is 0. The van der Waals surface area contributed by atoms with Crippen LogP contribution in [0.15, 0.2) is 24.4 Å². The van der Waals surface area contributed by atoms with E-state index in [-0.39, 0.29) is 5.91 Å². The van der Waals surface area contributed by atoms with Crippen LogP contribution < -0.4 is 0 Å². The van der Waals surface area contributed by atoms with Crippen LogP contribution >= 0.6 is 0 Å². The topological polar surface area (TPSA) is 46.6 Å². The van der Waals surface area contributed by atoms with E-state index >= 15 is 0 Å². The van der Waals surface area contributed by atoms with E-state index in [1.165, 1.54) is 12.0 Å². The number of esters is 1. The lowest BCUT2D eigenvalue weighted by molar-refractivity contribution is -0.152. The minimum Gasteiger partial charge on any atom is -0.468 e. The molecule has 1 aliphatic rings. The quantitative estimate of drug-likeness (QED) is 0.505. The van der Waals surface area contributed by atoms with Gasteiger partial charge in [0, 0.05) is 12.7 Å². The van der Waals surface area contributed by atoms with Crippen LogP contribution in [0.1, 0.15) is 13.3 Å². The van der Waals surface area contributed by atoms with E-state index < -0.39 is 11.9 Å². The molecule has 1 aliphatic heterocycles. The van der Waals surface area contributed by atoms with E-state index in [1.807, 2.05) is 13.0 Å². The highest BCUT2D eigenvalue weighted by Gasteiger charge is 2.29. The van der Waals surface area contributed by atoms with E-state index in [2.05, 4.69) is 4.74 Å². The van der Waals surface area contributed by atoms with Gasteiger partial charge in [-0.1, -0.05) is 12.2 Å². The van der Waals surface area contributed by atoms with Crippen molar-refractivity contribution in [2.75, 3.05) is 13.7 Å². The van der Waals surface area contributed by atoms with Crippen molar-refractivity contribution in [3.05, 3.63) is 24.4 Å². The Bertz CT molecular complexity index is 307. The molecule has 4 heteroatoms. The molecule has 1 amide bonds. The molecule has 0 aromatic heterocycles. The van der Waals surface area contributed by atoms with Crippen LogP contribution in [0.2, 0.25) is 0 Å². The first-order valence-electron chi connectivity index (χ1n) is 4.92. The van der Waals surface area contributed by atoms with E-state index in [1.54, 1.807) is 18.4 Å². The van der Waals surface area contributed by atoms with Gasteiger partial charge < -0.3 is 9.64 Å². The Morgan fingerprint density at radius 2 is 2.33 bits per heavy atom. The maximum absolute atomic E-state index is 11.9. The van der Waals surface area contributed by atoms with E-state index in [9.17, 15) is 9.59 Å². The summed E-state index contributed by atoms with van der Waals surface area (Å²) in [4.78, 5) is 24.8. The number of hydrogen-bond donors (Lipinski definition) is 0. The van der Waals surface area contributed by atoms with Gasteiger partial charge in [-0.3, -0.25) is 9.59 Å². The Kier molecular flexibility index (Phi) is 4.09. The van der Waals surface area contributed by atoms with Gasteiger partial charge in [0.1, 0.15) is 5.92 Å². The second-order valence-electron chi connectivity index (χ2n) is 3.21. The molecule has 0 aliphatic carbocycles. The summed E-state index contributed by atoms with van der Waals surface area (Å²) in [6.07, 6.45) is 7.48. The molecule has 15 heavy (non-hydrogen) atoms. The van der Waals surface area contributed by atoms with Crippen molar-refractivity contribution in [3.63, 3.8) is 0 Å². The van der Waals surface area contributed by atoms with Crippen molar-refractivity contribution in [1.29, 1.82) is 0 Å². The minimum absolute atomic E-state index is 0.204. The molecule has 82 valence electrons. The normalized spacial score (nSPS) is 21.1. The maximum Gasteiger partial charge on any atom is 0.318 e. The number of rotatable bonds is 2. The lowest BCUT2D eigenvalue weighted by atomic mass is 10.0. The van der Waals surface area contributed by atoms with Crippen molar-refractivity contribution >= 4 is 11.9 Å². The van der Waals surface area contributed by atoms with Gasteiger partial charge in [0.2, 0.25) is 5.91 Å². The average Bonchev–Trinajstić information content (AvgIpc) is 2.24. The molecule has 0 saturated carbocycles. The fourth-order valence-corrected chi connectivity index (χ4v) is 1.42. The largest absolute Gasteiger partial charge is 0.468 e. The van der Waals surface area contributed by atoms with Crippen molar-refractivity contribution in [1.82, 2.24) is 4.90 Å². The van der Waals surface area contributed by atoms with Crippen molar-refractivity contribution in [2.45, 2.75) is 13.3 Å². The van der Waals surface area contributed by atoms with Gasteiger partial charge in [0.25, 0.3) is 0 Å². The number of methoxy groups -OCH3 is 1. The number of ether oxygens (including phenoxy) is 1. The van der Waals surface area contributed by atoms with Crippen LogP contribution in [0.25, 0.3) is 0 Å². The first-order chi connectivity index (χ1) is 7.20. The number of amides is 1. The number of hydrogen-bond acceptors (Lipinski definition) is 3. The SMILES string of the molecule is CCN1C=CC=CCC(C(=O)OC)C1=O. The van der Waals surface area contributed by atoms with Crippen LogP contribution in [0.3, 0.4) is 0 Å². The Morgan fingerprint density at radius 1 is 1.60 bits per heavy atom. The van der Waals surface area contributed by atoms with Crippen LogP contribution in [0.5, 0.6) is 0 Å². The van der Waals surface area contributed by atoms with Gasteiger partial charge in [-0.05, 0) is 19.4 Å². The smallest absolute Gasteiger partial charge is 0.318 e. The zero-order valence-electron chi connectivity index (χ0n) is 8.97. The molecule has 1 heterocycles. The summed E-state index contributed by atoms with van der Waals surface area (Å²) in [5, 5.41) is 0. The van der Waals surface area contributed by atoms with Gasteiger partial charge in [-0.15, -0.1) is 0 Å². The van der Waals surface area contributed by atoms with Crippen LogP contribution in [0.4, 0.5) is 0 Å². The molecule has 0 fully saturated rings. The molecule has 1 unspecified atom stereocenters. The summed E-state index contributed by atoms with van der Waals surface area (Å²) in [5.74, 6) is -1.39. The monoisotopic (exact) mass is 209 g/mol. The number of nitrogens with zero attached hydrogens (tertiary/aromatic N) is 1. The Hall–Kier alpha value is -1.58. The zero-order valence-corrected chi connectivity index (χ0v) is 8.97. The predicted octanol–water partition coefficient (Wildman–Crippen LogP) is 1.10. The fraction of sp³-hybridized carbons (Fsp3) is 0.455. The van der Waals surface area contributed by atoms with E-state index in [4.69, 9.17) is 0 Å². The van der Waals surface area contributed by atoms with Gasteiger partial charge in [-0.25, -0.2) is 0 Å². The van der Waals surface area contributed by atoms with Gasteiger partial charge in [-0.2, -0.15) is 0 Å². The number of carbonyl (C=O) groups is 2. The van der Waals surface area contributed by atoms with Crippen molar-refractivity contribution in [2.24, 2.45) is 5.92 Å². The third-order valence-corrected chi connectivity index (χ3v) is 2.29. The summed E-state index contributed by atoms with van der Waals surface area (Å²) in [7, 11) is 1.30. The first-order valence-corrected chi connectivity index (χ1v) is 4.92. The van der Waals surface area contributed by atoms with Gasteiger partial charge >= 0.3 is 5.97 Å². The highest BCUT2D eigenvalue weighted by molar-refractivity contribution is 5.98. The summed E-state index contributed by atoms with van der Waals surface area (Å²) < 4.78 is 4.60. The molecule has 1 rings (SSSR count). The molecule has 0 aromatic carbocycles. The summed E-state index contributed by atoms with van der Waals surface area (Å²) in [6.45, 7) is 2.42. The molecular formula is C11H15NO3. The van der Waals surface area contributed by atoms with Crippen LogP contribution in [-0.4, -0.2) is 30.4 Å². The zero-order chi connectivity index (χ0) is 11.3. The molecule has 1 atom stereocenters. The van der Waals surface area contributed by atoms with E-state index in [0.29, 0.717) is 13.0 Å². The Balaban J connectivity index is 2.88. The molecule has 0 bridgehead atoms. The fourth-order valence-electron chi connectivity index (χ4n) is 1.42. The lowest BCUT2D eigenvalue weighted by Crippen LogP contribution is -2.37. The highest BCUT2D eigenvalue weighted by Crippen LogP contribution is 2.13. The second kappa shape index (κ2) is 5.34. The van der Waals surface area contributed by atoms with Crippen molar-refractivity contribution < 1.29 is 14.3 Å². The third kappa shape index (κ3) is 2.68. The molecular weight excluding hydrogens is 194 g/mol. The average molecular weight is 209 g/mol. The summed E-state index contributed by atoms with van der Waals surface area (Å²) in [6, 6.07) is 0. The van der Waals surface area contributed by atoms with Crippen LogP contribution in [-0.2, 0) is 14.3 Å². The van der Waals surface area contributed by atoms with Crippen LogP contribution in [0, 0.1) is 5.92 Å². The Labute approximate surface area is 89.2 Å². The summed E-state index contributed by atoms with van der Waals surface area (Å²) >= 11 is 0. The molecule has 0 radical (unpaired) electrons. The highest BCUT2D eigenvalue weighted by atomic mass is 16.5.